The summed E-state index contributed by atoms with van der Waals surface area (Å²) in [5.41, 5.74) is 1.09. The number of nitro benzene ring substituents is 1. The number of para-hydroxylation sites is 1. The smallest absolute Gasteiger partial charge is 0.313 e. The lowest BCUT2D eigenvalue weighted by Gasteiger charge is -2.09. The fourth-order valence-electron chi connectivity index (χ4n) is 1.68. The first-order valence-corrected chi connectivity index (χ1v) is 6.41. The Morgan fingerprint density at radius 1 is 1.40 bits per heavy atom. The van der Waals surface area contributed by atoms with Crippen molar-refractivity contribution < 1.29 is 9.66 Å². The van der Waals surface area contributed by atoms with Gasteiger partial charge in [0.1, 0.15) is 11.8 Å². The minimum absolute atomic E-state index is 0.0504. The van der Waals surface area contributed by atoms with Crippen LogP contribution in [0.1, 0.15) is 11.1 Å². The quantitative estimate of drug-likeness (QED) is 0.482. The fraction of sp³-hybridized carbons (Fsp3) is 0.154. The Bertz CT molecular complexity index is 662. The van der Waals surface area contributed by atoms with Crippen molar-refractivity contribution in [3.05, 3.63) is 61.9 Å². The molecule has 0 spiro atoms. The highest BCUT2D eigenvalue weighted by Crippen LogP contribution is 2.31. The van der Waals surface area contributed by atoms with Crippen LogP contribution >= 0.6 is 23.2 Å². The largest absolute Gasteiger partial charge is 0.482 e. The Kier molecular flexibility index (Phi) is 4.42. The molecule has 0 unspecified atom stereocenters. The number of halogens is 2. The molecule has 0 aliphatic carbocycles. The number of nitro groups is 1. The van der Waals surface area contributed by atoms with Crippen LogP contribution in [0.25, 0.3) is 0 Å². The Morgan fingerprint density at radius 2 is 2.15 bits per heavy atom. The van der Waals surface area contributed by atoms with Gasteiger partial charge in [-0.3, -0.25) is 10.1 Å². The normalized spacial score (nSPS) is 10.3. The van der Waals surface area contributed by atoms with E-state index < -0.39 is 4.92 Å². The monoisotopic (exact) mass is 312 g/mol. The summed E-state index contributed by atoms with van der Waals surface area (Å²) in [7, 11) is 0. The number of nitrogens with zero attached hydrogens (tertiary/aromatic N) is 2. The lowest BCUT2D eigenvalue weighted by atomic mass is 10.2. The van der Waals surface area contributed by atoms with E-state index in [9.17, 15) is 10.1 Å². The van der Waals surface area contributed by atoms with E-state index in [1.165, 1.54) is 12.3 Å². The van der Waals surface area contributed by atoms with Gasteiger partial charge in [-0.2, -0.15) is 0 Å². The van der Waals surface area contributed by atoms with E-state index >= 15 is 0 Å². The predicted octanol–water partition coefficient (Wildman–Crippen LogP) is 4.18. The van der Waals surface area contributed by atoms with Crippen LogP contribution < -0.4 is 4.74 Å². The van der Waals surface area contributed by atoms with Crippen molar-refractivity contribution >= 4 is 28.9 Å². The van der Waals surface area contributed by atoms with E-state index in [1.54, 1.807) is 25.1 Å². The molecule has 104 valence electrons. The Morgan fingerprint density at radius 3 is 2.80 bits per heavy atom. The predicted molar refractivity (Wildman–Crippen MR) is 76.4 cm³/mol. The lowest BCUT2D eigenvalue weighted by molar-refractivity contribution is -0.386. The van der Waals surface area contributed by atoms with E-state index in [1.807, 2.05) is 0 Å². The molecular formula is C13H10Cl2N2O3. The number of hydrogen-bond acceptors (Lipinski definition) is 4. The van der Waals surface area contributed by atoms with Crippen molar-refractivity contribution in [3.63, 3.8) is 0 Å². The van der Waals surface area contributed by atoms with Crippen molar-refractivity contribution in [2.45, 2.75) is 13.5 Å². The SMILES string of the molecule is Cc1cccc(OCc2cnc(Cl)cc2Cl)c1[N+](=O)[O-]. The molecule has 0 fully saturated rings. The number of rotatable bonds is 4. The van der Waals surface area contributed by atoms with E-state index in [2.05, 4.69) is 4.98 Å². The number of pyridine rings is 1. The van der Waals surface area contributed by atoms with Crippen LogP contribution in [-0.4, -0.2) is 9.91 Å². The van der Waals surface area contributed by atoms with Gasteiger partial charge in [0.05, 0.1) is 9.95 Å². The third-order valence-electron chi connectivity index (χ3n) is 2.66. The minimum atomic E-state index is -0.466. The number of aryl methyl sites for hydroxylation is 1. The summed E-state index contributed by atoms with van der Waals surface area (Å²) in [6, 6.07) is 6.38. The molecule has 0 aliphatic heterocycles. The molecule has 2 aromatic rings. The lowest BCUT2D eigenvalue weighted by Crippen LogP contribution is -2.01. The summed E-state index contributed by atoms with van der Waals surface area (Å²) < 4.78 is 5.48. The summed E-state index contributed by atoms with van der Waals surface area (Å²) >= 11 is 11.7. The van der Waals surface area contributed by atoms with E-state index in [0.717, 1.165) is 0 Å². The van der Waals surface area contributed by atoms with Gasteiger partial charge in [0.25, 0.3) is 0 Å². The van der Waals surface area contributed by atoms with Crippen LogP contribution in [0, 0.1) is 17.0 Å². The molecule has 0 N–H and O–H groups in total. The van der Waals surface area contributed by atoms with Crippen molar-refractivity contribution in [2.24, 2.45) is 0 Å². The van der Waals surface area contributed by atoms with E-state index in [4.69, 9.17) is 27.9 Å². The first kappa shape index (κ1) is 14.6. The number of benzene rings is 1. The maximum Gasteiger partial charge on any atom is 0.313 e. The van der Waals surface area contributed by atoms with Crippen LogP contribution in [0.2, 0.25) is 10.2 Å². The van der Waals surface area contributed by atoms with Crippen LogP contribution in [0.4, 0.5) is 5.69 Å². The Labute approximate surface area is 125 Å². The third-order valence-corrected chi connectivity index (χ3v) is 3.22. The van der Waals surface area contributed by atoms with Gasteiger partial charge in [-0.05, 0) is 19.1 Å². The van der Waals surface area contributed by atoms with Gasteiger partial charge in [-0.15, -0.1) is 0 Å². The van der Waals surface area contributed by atoms with Crippen molar-refractivity contribution in [1.29, 1.82) is 0 Å². The van der Waals surface area contributed by atoms with Gasteiger partial charge in [-0.25, -0.2) is 4.98 Å². The molecular weight excluding hydrogens is 303 g/mol. The molecule has 0 aliphatic rings. The summed E-state index contributed by atoms with van der Waals surface area (Å²) in [5.74, 6) is 0.195. The van der Waals surface area contributed by atoms with E-state index in [0.29, 0.717) is 16.1 Å². The number of aromatic nitrogens is 1. The molecule has 7 heteroatoms. The van der Waals surface area contributed by atoms with Crippen LogP contribution in [-0.2, 0) is 6.61 Å². The summed E-state index contributed by atoms with van der Waals surface area (Å²) in [6.07, 6.45) is 1.48. The molecule has 0 atom stereocenters. The highest BCUT2D eigenvalue weighted by molar-refractivity contribution is 6.34. The molecule has 0 bridgehead atoms. The van der Waals surface area contributed by atoms with Crippen LogP contribution in [0.5, 0.6) is 5.75 Å². The zero-order valence-electron chi connectivity index (χ0n) is 10.5. The van der Waals surface area contributed by atoms with Crippen molar-refractivity contribution in [2.75, 3.05) is 0 Å². The maximum atomic E-state index is 11.0. The molecule has 0 saturated carbocycles. The van der Waals surface area contributed by atoms with Gasteiger partial charge in [0.15, 0.2) is 5.75 Å². The molecule has 20 heavy (non-hydrogen) atoms. The molecule has 0 saturated heterocycles. The second-order valence-electron chi connectivity index (χ2n) is 4.07. The topological polar surface area (TPSA) is 65.3 Å². The second-order valence-corrected chi connectivity index (χ2v) is 4.86. The van der Waals surface area contributed by atoms with Crippen molar-refractivity contribution in [3.8, 4) is 5.75 Å². The minimum Gasteiger partial charge on any atom is -0.482 e. The second kappa shape index (κ2) is 6.07. The van der Waals surface area contributed by atoms with E-state index in [-0.39, 0.29) is 23.2 Å². The van der Waals surface area contributed by atoms with Gasteiger partial charge >= 0.3 is 5.69 Å². The molecule has 1 aromatic carbocycles. The molecule has 5 nitrogen and oxygen atoms in total. The van der Waals surface area contributed by atoms with Crippen molar-refractivity contribution in [1.82, 2.24) is 4.98 Å². The average Bonchev–Trinajstić information content (AvgIpc) is 2.37. The Hall–Kier alpha value is -1.85. The standard InChI is InChI=1S/C13H10Cl2N2O3/c1-8-3-2-4-11(13(8)17(18)19)20-7-9-6-16-12(15)5-10(9)14/h2-6H,7H2,1H3. The first-order valence-electron chi connectivity index (χ1n) is 5.65. The van der Waals surface area contributed by atoms with Crippen LogP contribution in [0.3, 0.4) is 0 Å². The summed E-state index contributed by atoms with van der Waals surface area (Å²) in [5, 5.41) is 11.7. The van der Waals surface area contributed by atoms with Gasteiger partial charge in [-0.1, -0.05) is 35.3 Å². The Balaban J connectivity index is 2.23. The molecule has 1 aromatic heterocycles. The number of hydrogen-bond donors (Lipinski definition) is 0. The summed E-state index contributed by atoms with van der Waals surface area (Å²) in [4.78, 5) is 14.5. The average molecular weight is 313 g/mol. The number of ether oxygens (including phenoxy) is 1. The first-order chi connectivity index (χ1) is 9.49. The van der Waals surface area contributed by atoms with Gasteiger partial charge in [0, 0.05) is 17.3 Å². The van der Waals surface area contributed by atoms with Gasteiger partial charge in [0.2, 0.25) is 0 Å². The third kappa shape index (κ3) is 3.18. The molecule has 0 radical (unpaired) electrons. The fourth-order valence-corrected chi connectivity index (χ4v) is 2.10. The van der Waals surface area contributed by atoms with Crippen LogP contribution in [0.15, 0.2) is 30.5 Å². The maximum absolute atomic E-state index is 11.0. The zero-order valence-corrected chi connectivity index (χ0v) is 12.0. The molecule has 0 amide bonds. The zero-order chi connectivity index (χ0) is 14.7. The highest BCUT2D eigenvalue weighted by Gasteiger charge is 2.18. The molecule has 2 rings (SSSR count). The summed E-state index contributed by atoms with van der Waals surface area (Å²) in [6.45, 7) is 1.73. The highest BCUT2D eigenvalue weighted by atomic mass is 35.5. The van der Waals surface area contributed by atoms with Gasteiger partial charge < -0.3 is 4.74 Å². The molecule has 1 heterocycles.